The Labute approximate surface area is 192 Å². The van der Waals surface area contributed by atoms with Crippen molar-refractivity contribution in [1.29, 1.82) is 0 Å². The number of fused-ring (bicyclic) bond motifs is 1. The van der Waals surface area contributed by atoms with E-state index >= 15 is 0 Å². The van der Waals surface area contributed by atoms with Gasteiger partial charge in [-0.1, -0.05) is 24.0 Å². The zero-order valence-electron chi connectivity index (χ0n) is 17.6. The van der Waals surface area contributed by atoms with Crippen LogP contribution in [0.25, 0.3) is 5.65 Å². The van der Waals surface area contributed by atoms with Crippen LogP contribution < -0.4 is 5.32 Å². The van der Waals surface area contributed by atoms with Crippen molar-refractivity contribution in [2.75, 3.05) is 6.54 Å². The van der Waals surface area contributed by atoms with Crippen LogP contribution in [0.5, 0.6) is 0 Å². The Balaban J connectivity index is 1.39. The molecule has 0 radical (unpaired) electrons. The van der Waals surface area contributed by atoms with Gasteiger partial charge in [-0.25, -0.2) is 14.1 Å². The molecule has 0 saturated heterocycles. The molecule has 0 fully saturated rings. The van der Waals surface area contributed by atoms with Gasteiger partial charge in [-0.05, 0) is 29.8 Å². The Hall–Kier alpha value is -4.52. The minimum atomic E-state index is -2.73. The highest BCUT2D eigenvalue weighted by molar-refractivity contribution is 5.94. The summed E-state index contributed by atoms with van der Waals surface area (Å²) in [4.78, 5) is 19.2. The van der Waals surface area contributed by atoms with Crippen molar-refractivity contribution in [3.8, 4) is 11.8 Å². The Morgan fingerprint density at radius 3 is 2.56 bits per heavy atom. The van der Waals surface area contributed by atoms with Crippen LogP contribution >= 0.6 is 0 Å². The second-order valence-electron chi connectivity index (χ2n) is 7.57. The van der Waals surface area contributed by atoms with E-state index in [1.165, 1.54) is 18.3 Å². The van der Waals surface area contributed by atoms with Gasteiger partial charge in [0, 0.05) is 31.0 Å². The van der Waals surface area contributed by atoms with Crippen LogP contribution in [0.15, 0.2) is 73.6 Å². The molecule has 1 atom stereocenters. The van der Waals surface area contributed by atoms with E-state index in [1.54, 1.807) is 58.4 Å². The van der Waals surface area contributed by atoms with Crippen molar-refractivity contribution >= 4 is 11.6 Å². The van der Waals surface area contributed by atoms with Gasteiger partial charge in [-0.15, -0.1) is 0 Å². The van der Waals surface area contributed by atoms with Crippen molar-refractivity contribution < 1.29 is 18.0 Å². The topological polar surface area (TPSA) is 67.5 Å². The third-order valence-corrected chi connectivity index (χ3v) is 5.34. The summed E-state index contributed by atoms with van der Waals surface area (Å²) in [6.07, 6.45) is 8.96. The summed E-state index contributed by atoms with van der Waals surface area (Å²) in [5.41, 5.74) is 2.65. The molecule has 34 heavy (non-hydrogen) atoms. The molecule has 4 heterocycles. The number of carbonyl (C=O) groups is 1. The number of hydrogen-bond acceptors (Lipinski definition) is 4. The molecule has 0 aliphatic carbocycles. The number of benzene rings is 1. The van der Waals surface area contributed by atoms with Gasteiger partial charge in [-0.2, -0.15) is 13.9 Å². The summed E-state index contributed by atoms with van der Waals surface area (Å²) in [5, 5.41) is 6.74. The minimum absolute atomic E-state index is 0.186. The fraction of sp³-hybridized carbons (Fsp3) is 0.125. The van der Waals surface area contributed by atoms with E-state index in [1.807, 2.05) is 0 Å². The standard InChI is InChI=1S/C24H17F3N6O/c25-19-5-3-18(4-6-19)20-15-31(10-9-28-20)23(34)21-7-8-22-29-11-16(13-32(21)22)1-2-17-12-30-33(14-17)24(26)27/h3-14,20,24,28H,15H2. The van der Waals surface area contributed by atoms with Crippen molar-refractivity contribution in [2.45, 2.75) is 12.6 Å². The van der Waals surface area contributed by atoms with E-state index in [2.05, 4.69) is 27.2 Å². The Bertz CT molecular complexity index is 1440. The fourth-order valence-electron chi connectivity index (χ4n) is 3.63. The van der Waals surface area contributed by atoms with Crippen molar-refractivity contribution in [2.24, 2.45) is 0 Å². The van der Waals surface area contributed by atoms with Crippen molar-refractivity contribution in [3.05, 3.63) is 102 Å². The summed E-state index contributed by atoms with van der Waals surface area (Å²) in [5.74, 6) is 5.07. The monoisotopic (exact) mass is 462 g/mol. The van der Waals surface area contributed by atoms with Gasteiger partial charge in [-0.3, -0.25) is 9.20 Å². The van der Waals surface area contributed by atoms with Crippen molar-refractivity contribution in [3.63, 3.8) is 0 Å². The lowest BCUT2D eigenvalue weighted by atomic mass is 10.1. The van der Waals surface area contributed by atoms with Crippen LogP contribution in [0.1, 0.15) is 39.8 Å². The highest BCUT2D eigenvalue weighted by atomic mass is 19.3. The van der Waals surface area contributed by atoms with Gasteiger partial charge < -0.3 is 10.2 Å². The first-order valence-electron chi connectivity index (χ1n) is 10.3. The minimum Gasteiger partial charge on any atom is -0.381 e. The molecular formula is C24H17F3N6O. The SMILES string of the molecule is O=C(c1ccc2ncc(C#Cc3cnn(C(F)F)c3)cn12)N1C=CNC(c2ccc(F)cc2)C1. The van der Waals surface area contributed by atoms with Gasteiger partial charge in [0.1, 0.15) is 17.2 Å². The molecule has 1 aliphatic heterocycles. The van der Waals surface area contributed by atoms with Crippen LogP contribution in [0.4, 0.5) is 13.2 Å². The molecule has 5 rings (SSSR count). The smallest absolute Gasteiger partial charge is 0.333 e. The van der Waals surface area contributed by atoms with E-state index in [9.17, 15) is 18.0 Å². The quantitative estimate of drug-likeness (QED) is 0.472. The number of alkyl halides is 2. The maximum absolute atomic E-state index is 13.3. The van der Waals surface area contributed by atoms with E-state index in [0.29, 0.717) is 33.7 Å². The van der Waals surface area contributed by atoms with E-state index < -0.39 is 6.55 Å². The van der Waals surface area contributed by atoms with Crippen LogP contribution in [0.2, 0.25) is 0 Å². The number of nitrogens with zero attached hydrogens (tertiary/aromatic N) is 5. The first-order valence-corrected chi connectivity index (χ1v) is 10.3. The van der Waals surface area contributed by atoms with Crippen LogP contribution in [0.3, 0.4) is 0 Å². The molecule has 0 spiro atoms. The first kappa shape index (κ1) is 21.3. The number of rotatable bonds is 3. The number of halogens is 3. The highest BCUT2D eigenvalue weighted by Crippen LogP contribution is 2.21. The lowest BCUT2D eigenvalue weighted by Gasteiger charge is -2.29. The summed E-state index contributed by atoms with van der Waals surface area (Å²) in [7, 11) is 0. The molecule has 0 bridgehead atoms. The third kappa shape index (κ3) is 4.23. The number of amides is 1. The second-order valence-corrected chi connectivity index (χ2v) is 7.57. The fourth-order valence-corrected chi connectivity index (χ4v) is 3.63. The Morgan fingerprint density at radius 1 is 1.06 bits per heavy atom. The largest absolute Gasteiger partial charge is 0.381 e. The summed E-state index contributed by atoms with van der Waals surface area (Å²) >= 11 is 0. The molecule has 1 aliphatic rings. The predicted molar refractivity (Wildman–Crippen MR) is 117 cm³/mol. The lowest BCUT2D eigenvalue weighted by Crippen LogP contribution is -2.38. The van der Waals surface area contributed by atoms with Gasteiger partial charge in [0.2, 0.25) is 0 Å². The molecule has 1 aromatic carbocycles. The van der Waals surface area contributed by atoms with Gasteiger partial charge in [0.25, 0.3) is 5.91 Å². The molecule has 7 nitrogen and oxygen atoms in total. The second kappa shape index (κ2) is 8.78. The first-order chi connectivity index (χ1) is 16.5. The summed E-state index contributed by atoms with van der Waals surface area (Å²) in [6, 6.07) is 9.35. The number of hydrogen-bond donors (Lipinski definition) is 1. The molecule has 3 aromatic heterocycles. The number of aromatic nitrogens is 4. The Morgan fingerprint density at radius 2 is 1.82 bits per heavy atom. The average molecular weight is 462 g/mol. The molecule has 1 N–H and O–H groups in total. The molecule has 10 heteroatoms. The van der Waals surface area contributed by atoms with Gasteiger partial charge >= 0.3 is 6.55 Å². The zero-order valence-corrected chi connectivity index (χ0v) is 17.6. The summed E-state index contributed by atoms with van der Waals surface area (Å²) in [6.45, 7) is -2.38. The summed E-state index contributed by atoms with van der Waals surface area (Å²) < 4.78 is 40.8. The molecule has 4 aromatic rings. The molecular weight excluding hydrogens is 445 g/mol. The van der Waals surface area contributed by atoms with Crippen LogP contribution in [-0.4, -0.2) is 36.5 Å². The zero-order chi connectivity index (χ0) is 23.7. The van der Waals surface area contributed by atoms with Gasteiger partial charge in [0.05, 0.1) is 29.9 Å². The maximum atomic E-state index is 13.3. The van der Waals surface area contributed by atoms with Crippen molar-refractivity contribution in [1.82, 2.24) is 29.4 Å². The highest BCUT2D eigenvalue weighted by Gasteiger charge is 2.24. The molecule has 170 valence electrons. The van der Waals surface area contributed by atoms with E-state index in [-0.39, 0.29) is 17.8 Å². The van der Waals surface area contributed by atoms with E-state index in [0.717, 1.165) is 11.8 Å². The normalized spacial score (nSPS) is 15.3. The number of nitrogens with one attached hydrogen (secondary N) is 1. The van der Waals surface area contributed by atoms with Gasteiger partial charge in [0.15, 0.2) is 0 Å². The predicted octanol–water partition coefficient (Wildman–Crippen LogP) is 3.72. The molecule has 0 saturated carbocycles. The number of carbonyl (C=O) groups excluding carboxylic acids is 1. The Kier molecular flexibility index (Phi) is 5.51. The average Bonchev–Trinajstić information content (AvgIpc) is 3.50. The third-order valence-electron chi connectivity index (χ3n) is 5.34. The van der Waals surface area contributed by atoms with Crippen LogP contribution in [-0.2, 0) is 0 Å². The molecule has 1 unspecified atom stereocenters. The van der Waals surface area contributed by atoms with E-state index in [4.69, 9.17) is 0 Å². The lowest BCUT2D eigenvalue weighted by molar-refractivity contribution is 0.0565. The molecule has 1 amide bonds. The van der Waals surface area contributed by atoms with Crippen LogP contribution in [0, 0.1) is 17.7 Å². The maximum Gasteiger partial charge on any atom is 0.333 e.